The Morgan fingerprint density at radius 1 is 1.12 bits per heavy atom. The summed E-state index contributed by atoms with van der Waals surface area (Å²) >= 11 is 0. The lowest BCUT2D eigenvalue weighted by Crippen LogP contribution is -2.42. The molecule has 0 aliphatic carbocycles. The van der Waals surface area contributed by atoms with Crippen molar-refractivity contribution >= 4 is 14.8 Å². The van der Waals surface area contributed by atoms with Gasteiger partial charge in [-0.15, -0.1) is 0 Å². The predicted molar refractivity (Wildman–Crippen MR) is 63.3 cm³/mol. The molecule has 0 unspecified atom stereocenters. The Hall–Kier alpha value is -0.893. The first-order chi connectivity index (χ1) is 8.14. The molecule has 0 fully saturated rings. The van der Waals surface area contributed by atoms with Gasteiger partial charge in [0.15, 0.2) is 0 Å². The molecule has 0 atom stereocenters. The van der Waals surface area contributed by atoms with E-state index in [1.807, 2.05) is 0 Å². The number of esters is 1. The molecular weight excluding hydrogens is 244 g/mol. The van der Waals surface area contributed by atoms with Crippen molar-refractivity contribution in [2.24, 2.45) is 0 Å². The highest BCUT2D eigenvalue weighted by molar-refractivity contribution is 6.60. The smallest absolute Gasteiger partial charge is 0.500 e. The highest BCUT2D eigenvalue weighted by Gasteiger charge is 2.36. The fraction of sp³-hybridized carbons (Fsp3) is 0.700. The quantitative estimate of drug-likeness (QED) is 0.203. The lowest BCUT2D eigenvalue weighted by molar-refractivity contribution is -0.137. The topological polar surface area (TPSA) is 63.2 Å². The average molecular weight is 264 g/mol. The number of rotatable bonds is 9. The van der Waals surface area contributed by atoms with Crippen LogP contribution in [0, 0.1) is 0 Å². The molecule has 0 heterocycles. The second-order valence-corrected chi connectivity index (χ2v) is 6.20. The van der Waals surface area contributed by atoms with Crippen molar-refractivity contribution in [2.45, 2.75) is 12.5 Å². The van der Waals surface area contributed by atoms with Gasteiger partial charge in [-0.1, -0.05) is 0 Å². The van der Waals surface area contributed by atoms with Gasteiger partial charge in [0.05, 0.1) is 26.1 Å². The molecular formula is C10H20O6Si. The highest BCUT2D eigenvalue weighted by atomic mass is 28.4. The van der Waals surface area contributed by atoms with Crippen molar-refractivity contribution in [1.29, 1.82) is 0 Å². The zero-order valence-corrected chi connectivity index (χ0v) is 11.7. The van der Waals surface area contributed by atoms with Crippen LogP contribution in [0.5, 0.6) is 0 Å². The number of hydrogen-bond acceptors (Lipinski definition) is 6. The molecule has 0 aromatic rings. The van der Waals surface area contributed by atoms with Gasteiger partial charge in [-0.3, -0.25) is 0 Å². The minimum absolute atomic E-state index is 0.289. The molecule has 7 heteroatoms. The summed E-state index contributed by atoms with van der Waals surface area (Å²) in [5, 5.41) is 0. The first-order valence-corrected chi connectivity index (χ1v) is 7.09. The third-order valence-electron chi connectivity index (χ3n) is 2.14. The molecule has 0 rings (SSSR count). The van der Waals surface area contributed by atoms with E-state index < -0.39 is 14.8 Å². The van der Waals surface area contributed by atoms with Gasteiger partial charge in [0.25, 0.3) is 0 Å². The maximum atomic E-state index is 11.1. The van der Waals surface area contributed by atoms with Crippen LogP contribution in [-0.2, 0) is 27.5 Å². The van der Waals surface area contributed by atoms with Crippen LogP contribution in [0.2, 0.25) is 6.04 Å². The van der Waals surface area contributed by atoms with E-state index in [9.17, 15) is 4.79 Å². The standard InChI is InChI=1S/C10H20O6Si/c1-12-8-6-10(11)16-7-5-9-17(13-2,14-3)15-4/h6,8H,5,7,9H2,1-4H3. The van der Waals surface area contributed by atoms with Gasteiger partial charge < -0.3 is 22.8 Å². The van der Waals surface area contributed by atoms with Crippen molar-refractivity contribution in [2.75, 3.05) is 35.0 Å². The summed E-state index contributed by atoms with van der Waals surface area (Å²) in [5.41, 5.74) is 0. The van der Waals surface area contributed by atoms with E-state index in [2.05, 4.69) is 4.74 Å². The van der Waals surface area contributed by atoms with Crippen LogP contribution < -0.4 is 0 Å². The van der Waals surface area contributed by atoms with Crippen molar-refractivity contribution in [3.63, 3.8) is 0 Å². The Bertz CT molecular complexity index is 231. The molecule has 0 aliphatic heterocycles. The van der Waals surface area contributed by atoms with Crippen LogP contribution in [0.25, 0.3) is 0 Å². The van der Waals surface area contributed by atoms with Crippen molar-refractivity contribution in [3.8, 4) is 0 Å². The first-order valence-electron chi connectivity index (χ1n) is 5.15. The van der Waals surface area contributed by atoms with Crippen molar-refractivity contribution in [3.05, 3.63) is 12.3 Å². The summed E-state index contributed by atoms with van der Waals surface area (Å²) in [4.78, 5) is 11.1. The van der Waals surface area contributed by atoms with E-state index in [4.69, 9.17) is 18.0 Å². The second-order valence-electron chi connectivity index (χ2n) is 3.10. The molecule has 0 N–H and O–H groups in total. The molecule has 100 valence electrons. The van der Waals surface area contributed by atoms with Gasteiger partial charge in [-0.25, -0.2) is 4.79 Å². The van der Waals surface area contributed by atoms with Gasteiger partial charge in [0.1, 0.15) is 0 Å². The SMILES string of the molecule is COC=CC(=O)OCCC[Si](OC)(OC)OC. The highest BCUT2D eigenvalue weighted by Crippen LogP contribution is 2.14. The maximum absolute atomic E-state index is 11.1. The molecule has 0 spiro atoms. The maximum Gasteiger partial charge on any atom is 0.500 e. The summed E-state index contributed by atoms with van der Waals surface area (Å²) in [5.74, 6) is -0.439. The molecule has 17 heavy (non-hydrogen) atoms. The van der Waals surface area contributed by atoms with Gasteiger partial charge in [0, 0.05) is 27.4 Å². The molecule has 6 nitrogen and oxygen atoms in total. The predicted octanol–water partition coefficient (Wildman–Crippen LogP) is 0.958. The number of ether oxygens (including phenoxy) is 2. The van der Waals surface area contributed by atoms with E-state index in [1.54, 1.807) is 21.3 Å². The summed E-state index contributed by atoms with van der Waals surface area (Å²) < 4.78 is 25.2. The summed E-state index contributed by atoms with van der Waals surface area (Å²) in [6.07, 6.45) is 3.10. The summed E-state index contributed by atoms with van der Waals surface area (Å²) in [7, 11) is 3.55. The van der Waals surface area contributed by atoms with Crippen LogP contribution >= 0.6 is 0 Å². The van der Waals surface area contributed by atoms with Crippen LogP contribution in [0.1, 0.15) is 6.42 Å². The largest absolute Gasteiger partial charge is 0.504 e. The van der Waals surface area contributed by atoms with Gasteiger partial charge in [0.2, 0.25) is 0 Å². The Labute approximate surface area is 103 Å². The molecule has 0 bridgehead atoms. The second kappa shape index (κ2) is 9.17. The number of carbonyl (C=O) groups excluding carboxylic acids is 1. The van der Waals surface area contributed by atoms with Crippen LogP contribution in [0.3, 0.4) is 0 Å². The Balaban J connectivity index is 3.83. The van der Waals surface area contributed by atoms with Gasteiger partial charge in [-0.2, -0.15) is 0 Å². The number of carbonyl (C=O) groups is 1. The van der Waals surface area contributed by atoms with Gasteiger partial charge in [-0.05, 0) is 6.42 Å². The normalized spacial score (nSPS) is 11.8. The average Bonchev–Trinajstić information content (AvgIpc) is 2.37. The van der Waals surface area contributed by atoms with Crippen molar-refractivity contribution < 1.29 is 27.5 Å². The van der Waals surface area contributed by atoms with E-state index in [-0.39, 0.29) is 6.61 Å². The van der Waals surface area contributed by atoms with E-state index in [0.717, 1.165) is 0 Å². The van der Waals surface area contributed by atoms with Crippen LogP contribution in [0.4, 0.5) is 0 Å². The van der Waals surface area contributed by atoms with E-state index in [0.29, 0.717) is 12.5 Å². The molecule has 0 aromatic carbocycles. The Morgan fingerprint density at radius 3 is 2.18 bits per heavy atom. The Kier molecular flexibility index (Phi) is 8.69. The van der Waals surface area contributed by atoms with Gasteiger partial charge >= 0.3 is 14.8 Å². The zero-order valence-electron chi connectivity index (χ0n) is 10.7. The fourth-order valence-electron chi connectivity index (χ4n) is 1.19. The zero-order chi connectivity index (χ0) is 13.1. The van der Waals surface area contributed by atoms with Crippen LogP contribution in [-0.4, -0.2) is 49.8 Å². The minimum atomic E-state index is -2.55. The molecule has 0 saturated carbocycles. The third-order valence-corrected chi connectivity index (χ3v) is 4.98. The summed E-state index contributed by atoms with van der Waals surface area (Å²) in [6.45, 7) is 0.289. The number of methoxy groups -OCH3 is 1. The lowest BCUT2D eigenvalue weighted by Gasteiger charge is -2.23. The Morgan fingerprint density at radius 2 is 1.71 bits per heavy atom. The van der Waals surface area contributed by atoms with Crippen LogP contribution in [0.15, 0.2) is 12.3 Å². The van der Waals surface area contributed by atoms with E-state index in [1.165, 1.54) is 19.4 Å². The van der Waals surface area contributed by atoms with Crippen molar-refractivity contribution in [1.82, 2.24) is 0 Å². The molecule has 0 radical (unpaired) electrons. The fourth-order valence-corrected chi connectivity index (χ4v) is 2.88. The lowest BCUT2D eigenvalue weighted by atomic mass is 10.5. The van der Waals surface area contributed by atoms with E-state index >= 15 is 0 Å². The molecule has 0 aliphatic rings. The monoisotopic (exact) mass is 264 g/mol. The minimum Gasteiger partial charge on any atom is -0.504 e. The molecule has 0 aromatic heterocycles. The molecule has 0 amide bonds. The summed E-state index contributed by atoms with van der Waals surface area (Å²) in [6, 6.07) is 0.595. The third kappa shape index (κ3) is 6.42. The molecule has 0 saturated heterocycles. The first kappa shape index (κ1) is 16.1. The number of hydrogen-bond donors (Lipinski definition) is 0.